The lowest BCUT2D eigenvalue weighted by molar-refractivity contribution is -0.133. The van der Waals surface area contributed by atoms with Crippen LogP contribution in [0.5, 0.6) is 0 Å². The minimum Gasteiger partial charge on any atom is -0.393 e. The number of hydrogen-bond acceptors (Lipinski definition) is 4. The van der Waals surface area contributed by atoms with Crippen LogP contribution in [0.2, 0.25) is 0 Å². The third-order valence-electron chi connectivity index (χ3n) is 4.84. The molecule has 1 unspecified atom stereocenters. The molecule has 2 aliphatic rings. The van der Waals surface area contributed by atoms with Crippen molar-refractivity contribution in [3.05, 3.63) is 0 Å². The van der Waals surface area contributed by atoms with Crippen molar-refractivity contribution >= 4 is 15.9 Å². The molecule has 0 aromatic carbocycles. The number of nitrogens with one attached hydrogen (secondary N) is 1. The maximum atomic E-state index is 14.1. The molecule has 6 nitrogen and oxygen atoms in total. The fourth-order valence-corrected chi connectivity index (χ4v) is 4.69. The molecule has 134 valence electrons. The second-order valence-electron chi connectivity index (χ2n) is 7.06. The molecular weight excluding hydrogens is 323 g/mol. The van der Waals surface area contributed by atoms with Crippen molar-refractivity contribution in [2.45, 2.75) is 57.2 Å². The van der Waals surface area contributed by atoms with Gasteiger partial charge in [0.05, 0.1) is 13.2 Å². The van der Waals surface area contributed by atoms with Crippen molar-refractivity contribution in [3.63, 3.8) is 0 Å². The minimum absolute atomic E-state index is 0.108. The van der Waals surface area contributed by atoms with E-state index >= 15 is 0 Å². The Morgan fingerprint density at radius 1 is 1.35 bits per heavy atom. The third kappa shape index (κ3) is 5.39. The predicted octanol–water partition coefficient (Wildman–Crippen LogP) is 0.807. The van der Waals surface area contributed by atoms with E-state index in [1.54, 1.807) is 0 Å². The Bertz CT molecular complexity index is 520. The van der Waals surface area contributed by atoms with Crippen molar-refractivity contribution in [1.29, 1.82) is 0 Å². The SMILES string of the molecule is CC1CCC(NS(=O)(=O)CC(=O)N2CCCC(F)(CO)C2)CC1. The lowest BCUT2D eigenvalue weighted by atomic mass is 9.88. The number of aliphatic hydroxyl groups is 1. The Morgan fingerprint density at radius 3 is 2.61 bits per heavy atom. The van der Waals surface area contributed by atoms with Crippen LogP contribution < -0.4 is 4.72 Å². The summed E-state index contributed by atoms with van der Waals surface area (Å²) in [5.74, 6) is -0.639. The second-order valence-corrected chi connectivity index (χ2v) is 8.82. The van der Waals surface area contributed by atoms with E-state index in [0.29, 0.717) is 18.9 Å². The van der Waals surface area contributed by atoms with Crippen LogP contribution in [-0.2, 0) is 14.8 Å². The van der Waals surface area contributed by atoms with Gasteiger partial charge in [-0.25, -0.2) is 17.5 Å². The zero-order valence-corrected chi connectivity index (χ0v) is 14.4. The standard InChI is InChI=1S/C15H27FN2O4S/c1-12-3-5-13(6-4-12)17-23(21,22)9-14(20)18-8-2-7-15(16,10-18)11-19/h12-13,17,19H,2-11H2,1H3. The molecular formula is C15H27FN2O4S. The van der Waals surface area contributed by atoms with Gasteiger partial charge in [0.25, 0.3) is 0 Å². The number of carbonyl (C=O) groups excluding carboxylic acids is 1. The van der Waals surface area contributed by atoms with Crippen LogP contribution in [0.1, 0.15) is 45.4 Å². The molecule has 1 heterocycles. The summed E-state index contributed by atoms with van der Waals surface area (Å²) in [6, 6.07) is -0.108. The molecule has 1 amide bonds. The van der Waals surface area contributed by atoms with E-state index in [9.17, 15) is 17.6 Å². The number of halogens is 1. The molecule has 1 saturated heterocycles. The maximum Gasteiger partial charge on any atom is 0.239 e. The molecule has 1 aliphatic carbocycles. The fraction of sp³-hybridized carbons (Fsp3) is 0.933. The van der Waals surface area contributed by atoms with E-state index in [-0.39, 0.29) is 19.0 Å². The van der Waals surface area contributed by atoms with Crippen molar-refractivity contribution in [2.24, 2.45) is 5.92 Å². The topological polar surface area (TPSA) is 86.7 Å². The third-order valence-corrected chi connectivity index (χ3v) is 6.16. The molecule has 1 atom stereocenters. The number of amides is 1. The van der Waals surface area contributed by atoms with E-state index in [4.69, 9.17) is 5.11 Å². The summed E-state index contributed by atoms with van der Waals surface area (Å²) < 4.78 is 41.1. The van der Waals surface area contributed by atoms with Crippen LogP contribution in [-0.4, -0.2) is 61.5 Å². The summed E-state index contributed by atoms with van der Waals surface area (Å²) in [5.41, 5.74) is -1.81. The van der Waals surface area contributed by atoms with E-state index in [0.717, 1.165) is 25.7 Å². The van der Waals surface area contributed by atoms with Gasteiger partial charge < -0.3 is 10.0 Å². The van der Waals surface area contributed by atoms with Crippen molar-refractivity contribution in [3.8, 4) is 0 Å². The second kappa shape index (κ2) is 7.44. The predicted molar refractivity (Wildman–Crippen MR) is 85.1 cm³/mol. The summed E-state index contributed by atoms with van der Waals surface area (Å²) in [5, 5.41) is 9.08. The van der Waals surface area contributed by atoms with Gasteiger partial charge >= 0.3 is 0 Å². The first-order valence-corrected chi connectivity index (χ1v) is 9.96. The van der Waals surface area contributed by atoms with Crippen LogP contribution in [0.25, 0.3) is 0 Å². The first-order valence-electron chi connectivity index (χ1n) is 8.30. The number of rotatable bonds is 5. The summed E-state index contributed by atoms with van der Waals surface area (Å²) in [6.07, 6.45) is 4.16. The van der Waals surface area contributed by atoms with Gasteiger partial charge in [0.2, 0.25) is 15.9 Å². The van der Waals surface area contributed by atoms with Crippen molar-refractivity contribution in [1.82, 2.24) is 9.62 Å². The number of aliphatic hydroxyl groups excluding tert-OH is 1. The van der Waals surface area contributed by atoms with Crippen LogP contribution in [0.15, 0.2) is 0 Å². The fourth-order valence-electron chi connectivity index (χ4n) is 3.36. The normalized spacial score (nSPS) is 32.7. The van der Waals surface area contributed by atoms with E-state index in [2.05, 4.69) is 11.6 Å². The van der Waals surface area contributed by atoms with Crippen molar-refractivity contribution in [2.75, 3.05) is 25.4 Å². The van der Waals surface area contributed by atoms with Gasteiger partial charge in [0.15, 0.2) is 5.67 Å². The molecule has 0 bridgehead atoms. The van der Waals surface area contributed by atoms with Gasteiger partial charge in [-0.15, -0.1) is 0 Å². The molecule has 2 N–H and O–H groups in total. The van der Waals surface area contributed by atoms with Gasteiger partial charge in [-0.2, -0.15) is 0 Å². The number of alkyl halides is 1. The Kier molecular flexibility index (Phi) is 6.02. The van der Waals surface area contributed by atoms with Crippen LogP contribution in [0, 0.1) is 5.92 Å². The summed E-state index contributed by atoms with van der Waals surface area (Å²) in [6.45, 7) is 1.59. The molecule has 0 aromatic heterocycles. The zero-order valence-electron chi connectivity index (χ0n) is 13.6. The summed E-state index contributed by atoms with van der Waals surface area (Å²) in [4.78, 5) is 13.4. The lowest BCUT2D eigenvalue weighted by Crippen LogP contribution is -2.52. The molecule has 2 rings (SSSR count). The van der Waals surface area contributed by atoms with Crippen LogP contribution >= 0.6 is 0 Å². The Balaban J connectivity index is 1.88. The largest absolute Gasteiger partial charge is 0.393 e. The number of nitrogens with zero attached hydrogens (tertiary/aromatic N) is 1. The van der Waals surface area contributed by atoms with Gasteiger partial charge in [0, 0.05) is 12.6 Å². The summed E-state index contributed by atoms with van der Waals surface area (Å²) >= 11 is 0. The molecule has 1 saturated carbocycles. The minimum atomic E-state index is -3.72. The first kappa shape index (κ1) is 18.6. The van der Waals surface area contributed by atoms with Crippen molar-refractivity contribution < 1.29 is 22.7 Å². The quantitative estimate of drug-likeness (QED) is 0.768. The number of carbonyl (C=O) groups is 1. The van der Waals surface area contributed by atoms with Crippen LogP contribution in [0.4, 0.5) is 4.39 Å². The van der Waals surface area contributed by atoms with Crippen LogP contribution in [0.3, 0.4) is 0 Å². The lowest BCUT2D eigenvalue weighted by Gasteiger charge is -2.36. The molecule has 0 radical (unpaired) electrons. The van der Waals surface area contributed by atoms with E-state index in [1.807, 2.05) is 0 Å². The molecule has 0 spiro atoms. The Hall–Kier alpha value is -0.730. The highest BCUT2D eigenvalue weighted by atomic mass is 32.2. The number of hydrogen-bond donors (Lipinski definition) is 2. The zero-order chi connectivity index (χ0) is 17.1. The monoisotopic (exact) mass is 350 g/mol. The number of piperidine rings is 1. The van der Waals surface area contributed by atoms with E-state index < -0.39 is 34.0 Å². The highest BCUT2D eigenvalue weighted by Crippen LogP contribution is 2.26. The Morgan fingerprint density at radius 2 is 2.00 bits per heavy atom. The molecule has 8 heteroatoms. The van der Waals surface area contributed by atoms with Gasteiger partial charge in [0.1, 0.15) is 5.75 Å². The number of likely N-dealkylation sites (tertiary alicyclic amines) is 1. The van der Waals surface area contributed by atoms with E-state index in [1.165, 1.54) is 4.90 Å². The number of sulfonamides is 1. The summed E-state index contributed by atoms with van der Waals surface area (Å²) in [7, 11) is -3.72. The van der Waals surface area contributed by atoms with Gasteiger partial charge in [-0.1, -0.05) is 6.92 Å². The van der Waals surface area contributed by atoms with Gasteiger partial charge in [-0.3, -0.25) is 4.79 Å². The van der Waals surface area contributed by atoms with Gasteiger partial charge in [-0.05, 0) is 44.4 Å². The molecule has 1 aliphatic heterocycles. The maximum absolute atomic E-state index is 14.1. The highest BCUT2D eigenvalue weighted by molar-refractivity contribution is 7.90. The first-order chi connectivity index (χ1) is 10.7. The Labute approximate surface area is 137 Å². The molecule has 2 fully saturated rings. The average molecular weight is 350 g/mol. The highest BCUT2D eigenvalue weighted by Gasteiger charge is 2.37. The molecule has 23 heavy (non-hydrogen) atoms. The average Bonchev–Trinajstić information content (AvgIpc) is 2.49. The molecule has 0 aromatic rings. The smallest absolute Gasteiger partial charge is 0.239 e.